The first-order valence-electron chi connectivity index (χ1n) is 9.19. The van der Waals surface area contributed by atoms with Crippen LogP contribution in [-0.2, 0) is 9.59 Å². The standard InChI is InChI=1S/C20H22N4O3/c1-27-16-7-5-15(6-8-16)24-19(25)14-17(20(24)26)22-10-12-23(13-11-22)18-4-2-3-9-21-18/h2-9,17H,10-14H2,1H3/p+1. The molecular weight excluding hydrogens is 344 g/mol. The third kappa shape index (κ3) is 3.38. The molecule has 1 N–H and O–H groups in total. The molecule has 2 aromatic rings. The molecular formula is C20H23N4O3+. The molecule has 7 nitrogen and oxygen atoms in total. The van der Waals surface area contributed by atoms with Gasteiger partial charge in [0.25, 0.3) is 5.91 Å². The smallest absolute Gasteiger partial charge is 0.292 e. The van der Waals surface area contributed by atoms with Gasteiger partial charge in [-0.1, -0.05) is 6.07 Å². The highest BCUT2D eigenvalue weighted by Crippen LogP contribution is 2.24. The second kappa shape index (κ2) is 7.36. The van der Waals surface area contributed by atoms with Crippen LogP contribution >= 0.6 is 0 Å². The Morgan fingerprint density at radius 3 is 2.44 bits per heavy atom. The van der Waals surface area contributed by atoms with Gasteiger partial charge in [0, 0.05) is 6.20 Å². The van der Waals surface area contributed by atoms with Gasteiger partial charge in [-0.3, -0.25) is 9.59 Å². The van der Waals surface area contributed by atoms with E-state index >= 15 is 0 Å². The summed E-state index contributed by atoms with van der Waals surface area (Å²) in [6, 6.07) is 12.6. The van der Waals surface area contributed by atoms with E-state index < -0.39 is 0 Å². The van der Waals surface area contributed by atoms with Gasteiger partial charge in [0.05, 0.1) is 45.4 Å². The van der Waals surface area contributed by atoms with Crippen molar-refractivity contribution in [3.8, 4) is 5.75 Å². The molecule has 0 radical (unpaired) electrons. The Balaban J connectivity index is 1.43. The van der Waals surface area contributed by atoms with Crippen molar-refractivity contribution in [2.24, 2.45) is 0 Å². The van der Waals surface area contributed by atoms with Crippen molar-refractivity contribution in [1.29, 1.82) is 0 Å². The molecule has 0 saturated carbocycles. The number of aromatic nitrogens is 1. The van der Waals surface area contributed by atoms with E-state index in [4.69, 9.17) is 4.74 Å². The Hall–Kier alpha value is -2.93. The van der Waals surface area contributed by atoms with Gasteiger partial charge in [0.15, 0.2) is 6.04 Å². The van der Waals surface area contributed by atoms with Crippen molar-refractivity contribution < 1.29 is 19.2 Å². The van der Waals surface area contributed by atoms with Crippen LogP contribution in [0.4, 0.5) is 11.5 Å². The van der Waals surface area contributed by atoms with Crippen LogP contribution in [0.5, 0.6) is 5.75 Å². The van der Waals surface area contributed by atoms with E-state index in [0.717, 1.165) is 32.0 Å². The highest BCUT2D eigenvalue weighted by molar-refractivity contribution is 6.21. The molecule has 1 atom stereocenters. The molecule has 1 aromatic carbocycles. The van der Waals surface area contributed by atoms with Gasteiger partial charge in [-0.15, -0.1) is 0 Å². The summed E-state index contributed by atoms with van der Waals surface area (Å²) in [7, 11) is 1.59. The summed E-state index contributed by atoms with van der Waals surface area (Å²) in [4.78, 5) is 34.6. The van der Waals surface area contributed by atoms with Crippen LogP contribution in [-0.4, -0.2) is 56.1 Å². The zero-order valence-corrected chi connectivity index (χ0v) is 15.3. The van der Waals surface area contributed by atoms with Crippen LogP contribution in [0.3, 0.4) is 0 Å². The summed E-state index contributed by atoms with van der Waals surface area (Å²) < 4.78 is 5.15. The molecule has 7 heteroatoms. The maximum atomic E-state index is 12.9. The molecule has 1 aromatic heterocycles. The maximum absolute atomic E-state index is 12.9. The minimum Gasteiger partial charge on any atom is -0.497 e. The van der Waals surface area contributed by atoms with E-state index in [-0.39, 0.29) is 24.3 Å². The van der Waals surface area contributed by atoms with Crippen LogP contribution in [0.15, 0.2) is 48.7 Å². The third-order valence-corrected chi connectivity index (χ3v) is 5.35. The van der Waals surface area contributed by atoms with E-state index in [1.165, 1.54) is 9.80 Å². The van der Waals surface area contributed by atoms with Gasteiger partial charge in [0.2, 0.25) is 5.91 Å². The van der Waals surface area contributed by atoms with Gasteiger partial charge in [-0.05, 0) is 36.4 Å². The number of hydrogen-bond donors (Lipinski definition) is 1. The second-order valence-corrected chi connectivity index (χ2v) is 6.86. The molecule has 2 aliphatic heterocycles. The zero-order chi connectivity index (χ0) is 18.8. The molecule has 1 unspecified atom stereocenters. The summed E-state index contributed by atoms with van der Waals surface area (Å²) in [5.74, 6) is 1.43. The van der Waals surface area contributed by atoms with Crippen LogP contribution in [0.25, 0.3) is 0 Å². The van der Waals surface area contributed by atoms with Crippen molar-refractivity contribution >= 4 is 23.3 Å². The number of amides is 2. The maximum Gasteiger partial charge on any atom is 0.292 e. The number of rotatable bonds is 4. The van der Waals surface area contributed by atoms with E-state index in [2.05, 4.69) is 9.88 Å². The summed E-state index contributed by atoms with van der Waals surface area (Å²) in [5.41, 5.74) is 0.611. The number of ether oxygens (including phenoxy) is 1. The number of imide groups is 1. The highest BCUT2D eigenvalue weighted by Gasteiger charge is 2.46. The Bertz CT molecular complexity index is 817. The van der Waals surface area contributed by atoms with Crippen molar-refractivity contribution in [2.75, 3.05) is 43.1 Å². The number of carbonyl (C=O) groups is 2. The van der Waals surface area contributed by atoms with E-state index in [1.807, 2.05) is 18.2 Å². The van der Waals surface area contributed by atoms with Gasteiger partial charge in [-0.25, -0.2) is 9.88 Å². The van der Waals surface area contributed by atoms with Crippen molar-refractivity contribution in [1.82, 2.24) is 4.98 Å². The van der Waals surface area contributed by atoms with E-state index in [9.17, 15) is 9.59 Å². The van der Waals surface area contributed by atoms with Crippen LogP contribution in [0.2, 0.25) is 0 Å². The number of benzene rings is 1. The van der Waals surface area contributed by atoms with Gasteiger partial charge >= 0.3 is 0 Å². The topological polar surface area (TPSA) is 67.2 Å². The largest absolute Gasteiger partial charge is 0.497 e. The van der Waals surface area contributed by atoms with Crippen LogP contribution < -0.4 is 19.4 Å². The molecule has 0 aliphatic carbocycles. The Kier molecular flexibility index (Phi) is 4.77. The summed E-state index contributed by atoms with van der Waals surface area (Å²) >= 11 is 0. The molecule has 2 aliphatic rings. The Labute approximate surface area is 158 Å². The molecule has 27 heavy (non-hydrogen) atoms. The molecule has 140 valence electrons. The number of methoxy groups -OCH3 is 1. The minimum absolute atomic E-state index is 0.105. The number of piperazine rings is 1. The minimum atomic E-state index is -0.300. The summed E-state index contributed by atoms with van der Waals surface area (Å²) in [6.45, 7) is 3.28. The molecule has 3 heterocycles. The molecule has 4 rings (SSSR count). The van der Waals surface area contributed by atoms with Crippen LogP contribution in [0.1, 0.15) is 6.42 Å². The number of quaternary nitrogens is 1. The second-order valence-electron chi connectivity index (χ2n) is 6.86. The molecule has 0 bridgehead atoms. The fourth-order valence-electron chi connectivity index (χ4n) is 3.87. The normalized spacial score (nSPS) is 21.0. The molecule has 2 fully saturated rings. The first kappa shape index (κ1) is 17.5. The van der Waals surface area contributed by atoms with Crippen molar-refractivity contribution in [2.45, 2.75) is 12.5 Å². The number of carbonyl (C=O) groups excluding carboxylic acids is 2. The quantitative estimate of drug-likeness (QED) is 0.778. The predicted molar refractivity (Wildman–Crippen MR) is 101 cm³/mol. The first-order valence-corrected chi connectivity index (χ1v) is 9.19. The van der Waals surface area contributed by atoms with Gasteiger partial charge in [0.1, 0.15) is 11.6 Å². The fourth-order valence-corrected chi connectivity index (χ4v) is 3.87. The Morgan fingerprint density at radius 2 is 1.81 bits per heavy atom. The monoisotopic (exact) mass is 367 g/mol. The van der Waals surface area contributed by atoms with E-state index in [0.29, 0.717) is 11.4 Å². The lowest BCUT2D eigenvalue weighted by Gasteiger charge is -2.34. The average Bonchev–Trinajstić information content (AvgIpc) is 3.03. The van der Waals surface area contributed by atoms with Gasteiger partial charge in [-0.2, -0.15) is 0 Å². The Morgan fingerprint density at radius 1 is 1.07 bits per heavy atom. The lowest BCUT2D eigenvalue weighted by atomic mass is 10.1. The number of hydrogen-bond acceptors (Lipinski definition) is 5. The molecule has 0 spiro atoms. The molecule has 2 saturated heterocycles. The third-order valence-electron chi connectivity index (χ3n) is 5.35. The number of pyridine rings is 1. The SMILES string of the molecule is COc1ccc(N2C(=O)CC([NH+]3CCN(c4ccccn4)CC3)C2=O)cc1. The summed E-state index contributed by atoms with van der Waals surface area (Å²) in [6.07, 6.45) is 2.06. The first-order chi connectivity index (χ1) is 13.2. The molecule has 2 amide bonds. The lowest BCUT2D eigenvalue weighted by molar-refractivity contribution is -0.915. The predicted octanol–water partition coefficient (Wildman–Crippen LogP) is 0.127. The van der Waals surface area contributed by atoms with Crippen molar-refractivity contribution in [3.63, 3.8) is 0 Å². The number of anilines is 2. The number of nitrogens with zero attached hydrogens (tertiary/aromatic N) is 3. The highest BCUT2D eigenvalue weighted by atomic mass is 16.5. The van der Waals surface area contributed by atoms with E-state index in [1.54, 1.807) is 37.6 Å². The zero-order valence-electron chi connectivity index (χ0n) is 15.3. The fraction of sp³-hybridized carbons (Fsp3) is 0.350. The summed E-state index contributed by atoms with van der Waals surface area (Å²) in [5, 5.41) is 0. The van der Waals surface area contributed by atoms with Crippen molar-refractivity contribution in [3.05, 3.63) is 48.7 Å². The lowest BCUT2D eigenvalue weighted by Crippen LogP contribution is -3.19. The number of nitrogens with one attached hydrogen (secondary N) is 1. The average molecular weight is 367 g/mol. The van der Waals surface area contributed by atoms with Crippen LogP contribution in [0, 0.1) is 0 Å². The van der Waals surface area contributed by atoms with Gasteiger partial charge < -0.3 is 14.5 Å².